The molecule has 0 bridgehead atoms. The van der Waals surface area contributed by atoms with Gasteiger partial charge in [0, 0.05) is 32.7 Å². The maximum absolute atomic E-state index is 13.4. The Bertz CT molecular complexity index is 674. The molecule has 1 saturated carbocycles. The number of benzene rings is 1. The van der Waals surface area contributed by atoms with Gasteiger partial charge in [0.05, 0.1) is 0 Å². The smallest absolute Gasteiger partial charge is 0.222 e. The van der Waals surface area contributed by atoms with E-state index in [1.54, 1.807) is 0 Å². The normalized spacial score (nSPS) is 21.4. The average Bonchev–Trinajstić information content (AvgIpc) is 2.87. The highest BCUT2D eigenvalue weighted by Crippen LogP contribution is 2.36. The van der Waals surface area contributed by atoms with Crippen molar-refractivity contribution in [3.8, 4) is 0 Å². The van der Waals surface area contributed by atoms with E-state index in [0.29, 0.717) is 30.1 Å². The second-order valence-electron chi connectivity index (χ2n) is 10.8. The lowest BCUT2D eigenvalue weighted by atomic mass is 9.78. The van der Waals surface area contributed by atoms with Gasteiger partial charge in [0.25, 0.3) is 0 Å². The SMILES string of the molecule is CCOCCCC[C@H](c1ccccc1)[C@@H]1CCCN(C(=O)C[C@H](CNC)CC2CCCCC2)C1. The number of rotatable bonds is 14. The fourth-order valence-corrected chi connectivity index (χ4v) is 6.45. The summed E-state index contributed by atoms with van der Waals surface area (Å²) >= 11 is 0. The molecule has 4 nitrogen and oxygen atoms in total. The van der Waals surface area contributed by atoms with E-state index in [4.69, 9.17) is 4.74 Å². The molecule has 3 atom stereocenters. The van der Waals surface area contributed by atoms with Crippen molar-refractivity contribution in [2.24, 2.45) is 17.8 Å². The Morgan fingerprint density at radius 3 is 2.62 bits per heavy atom. The van der Waals surface area contributed by atoms with E-state index in [1.165, 1.54) is 63.4 Å². The van der Waals surface area contributed by atoms with Gasteiger partial charge in [0.15, 0.2) is 0 Å². The van der Waals surface area contributed by atoms with Gasteiger partial charge in [-0.2, -0.15) is 0 Å². The lowest BCUT2D eigenvalue weighted by molar-refractivity contribution is -0.134. The number of amides is 1. The standard InChI is InChI=1S/C30H50N2O2/c1-3-34-20-11-10-18-29(27-15-8-5-9-16-27)28-17-12-19-32(24-28)30(33)22-26(23-31-2)21-25-13-6-4-7-14-25/h5,8-9,15-16,25-26,28-29,31H,3-4,6-7,10-14,17-24H2,1-2H3/t26-,28-,29-/m1/s1. The Labute approximate surface area is 209 Å². The van der Waals surface area contributed by atoms with Crippen LogP contribution in [0.2, 0.25) is 0 Å². The fraction of sp³-hybridized carbons (Fsp3) is 0.767. The molecule has 1 aromatic rings. The van der Waals surface area contributed by atoms with Crippen molar-refractivity contribution >= 4 is 5.91 Å². The van der Waals surface area contributed by atoms with Crippen molar-refractivity contribution in [3.05, 3.63) is 35.9 Å². The van der Waals surface area contributed by atoms with E-state index in [9.17, 15) is 4.79 Å². The predicted molar refractivity (Wildman–Crippen MR) is 142 cm³/mol. The molecule has 34 heavy (non-hydrogen) atoms. The molecule has 2 fully saturated rings. The van der Waals surface area contributed by atoms with Crippen LogP contribution in [0.1, 0.15) is 95.5 Å². The molecule has 0 spiro atoms. The van der Waals surface area contributed by atoms with Gasteiger partial charge in [-0.05, 0) is 81.9 Å². The molecule has 1 saturated heterocycles. The van der Waals surface area contributed by atoms with Crippen molar-refractivity contribution in [3.63, 3.8) is 0 Å². The van der Waals surface area contributed by atoms with Crippen LogP contribution >= 0.6 is 0 Å². The van der Waals surface area contributed by atoms with Crippen LogP contribution in [-0.4, -0.2) is 50.7 Å². The zero-order chi connectivity index (χ0) is 24.0. The monoisotopic (exact) mass is 470 g/mol. The van der Waals surface area contributed by atoms with Crippen LogP contribution < -0.4 is 5.32 Å². The maximum Gasteiger partial charge on any atom is 0.222 e. The van der Waals surface area contributed by atoms with Crippen LogP contribution in [0, 0.1) is 17.8 Å². The minimum atomic E-state index is 0.393. The van der Waals surface area contributed by atoms with E-state index < -0.39 is 0 Å². The molecule has 2 aliphatic rings. The van der Waals surface area contributed by atoms with Crippen molar-refractivity contribution in [1.82, 2.24) is 10.2 Å². The Morgan fingerprint density at radius 1 is 1.09 bits per heavy atom. The molecule has 1 N–H and O–H groups in total. The molecule has 3 rings (SSSR count). The number of ether oxygens (including phenoxy) is 1. The van der Waals surface area contributed by atoms with E-state index >= 15 is 0 Å². The van der Waals surface area contributed by atoms with Crippen LogP contribution in [0.4, 0.5) is 0 Å². The third kappa shape index (κ3) is 9.00. The van der Waals surface area contributed by atoms with E-state index in [0.717, 1.165) is 51.6 Å². The quantitative estimate of drug-likeness (QED) is 0.319. The molecular formula is C30H50N2O2. The summed E-state index contributed by atoms with van der Waals surface area (Å²) in [6.07, 6.45) is 14.7. The zero-order valence-corrected chi connectivity index (χ0v) is 22.0. The summed E-state index contributed by atoms with van der Waals surface area (Å²) in [6.45, 7) is 6.57. The van der Waals surface area contributed by atoms with Crippen molar-refractivity contribution in [2.45, 2.75) is 89.9 Å². The minimum Gasteiger partial charge on any atom is -0.382 e. The van der Waals surface area contributed by atoms with Gasteiger partial charge in [-0.3, -0.25) is 4.79 Å². The van der Waals surface area contributed by atoms with Crippen molar-refractivity contribution in [2.75, 3.05) is 39.9 Å². The van der Waals surface area contributed by atoms with Gasteiger partial charge in [0.2, 0.25) is 5.91 Å². The fourth-order valence-electron chi connectivity index (χ4n) is 6.45. The van der Waals surface area contributed by atoms with Gasteiger partial charge in [-0.1, -0.05) is 68.9 Å². The van der Waals surface area contributed by atoms with E-state index in [-0.39, 0.29) is 0 Å². The highest BCUT2D eigenvalue weighted by molar-refractivity contribution is 5.76. The van der Waals surface area contributed by atoms with Gasteiger partial charge in [-0.15, -0.1) is 0 Å². The number of piperidine rings is 1. The second-order valence-corrected chi connectivity index (χ2v) is 10.8. The lowest BCUT2D eigenvalue weighted by Gasteiger charge is -2.38. The molecule has 4 heteroatoms. The Morgan fingerprint density at radius 2 is 1.88 bits per heavy atom. The molecule has 1 amide bonds. The summed E-state index contributed by atoms with van der Waals surface area (Å²) in [4.78, 5) is 15.7. The number of carbonyl (C=O) groups excluding carboxylic acids is 1. The number of nitrogens with zero attached hydrogens (tertiary/aromatic N) is 1. The molecule has 1 aliphatic carbocycles. The molecule has 0 unspecified atom stereocenters. The van der Waals surface area contributed by atoms with Crippen LogP contribution in [-0.2, 0) is 9.53 Å². The molecular weight excluding hydrogens is 420 g/mol. The molecule has 0 radical (unpaired) electrons. The van der Waals surface area contributed by atoms with Gasteiger partial charge >= 0.3 is 0 Å². The van der Waals surface area contributed by atoms with Gasteiger partial charge < -0.3 is 15.0 Å². The van der Waals surface area contributed by atoms with Gasteiger partial charge in [0.1, 0.15) is 0 Å². The van der Waals surface area contributed by atoms with Crippen LogP contribution in [0.15, 0.2) is 30.3 Å². The third-order valence-corrected chi connectivity index (χ3v) is 8.21. The number of hydrogen-bond donors (Lipinski definition) is 1. The van der Waals surface area contributed by atoms with Crippen LogP contribution in [0.3, 0.4) is 0 Å². The number of likely N-dealkylation sites (tertiary alicyclic amines) is 1. The molecule has 1 aliphatic heterocycles. The summed E-state index contributed by atoms with van der Waals surface area (Å²) in [5, 5.41) is 3.37. The first-order valence-corrected chi connectivity index (χ1v) is 14.3. The Hall–Kier alpha value is -1.39. The summed E-state index contributed by atoms with van der Waals surface area (Å²) in [6, 6.07) is 11.0. The Kier molecular flexibility index (Phi) is 12.5. The van der Waals surface area contributed by atoms with Crippen molar-refractivity contribution in [1.29, 1.82) is 0 Å². The van der Waals surface area contributed by atoms with Crippen LogP contribution in [0.5, 0.6) is 0 Å². The Balaban J connectivity index is 1.58. The minimum absolute atomic E-state index is 0.393. The second kappa shape index (κ2) is 15.6. The average molecular weight is 471 g/mol. The summed E-state index contributed by atoms with van der Waals surface area (Å²) in [5.74, 6) is 2.79. The highest BCUT2D eigenvalue weighted by Gasteiger charge is 2.31. The van der Waals surface area contributed by atoms with E-state index in [1.807, 2.05) is 7.05 Å². The van der Waals surface area contributed by atoms with Crippen LogP contribution in [0.25, 0.3) is 0 Å². The largest absolute Gasteiger partial charge is 0.382 e. The highest BCUT2D eigenvalue weighted by atomic mass is 16.5. The predicted octanol–water partition coefficient (Wildman–Crippen LogP) is 6.41. The number of carbonyl (C=O) groups is 1. The lowest BCUT2D eigenvalue weighted by Crippen LogP contribution is -2.43. The summed E-state index contributed by atoms with van der Waals surface area (Å²) in [7, 11) is 2.03. The molecule has 0 aromatic heterocycles. The first-order valence-electron chi connectivity index (χ1n) is 14.3. The first-order chi connectivity index (χ1) is 16.7. The van der Waals surface area contributed by atoms with Gasteiger partial charge in [-0.25, -0.2) is 0 Å². The van der Waals surface area contributed by atoms with Crippen molar-refractivity contribution < 1.29 is 9.53 Å². The third-order valence-electron chi connectivity index (χ3n) is 8.21. The number of nitrogens with one attached hydrogen (secondary N) is 1. The molecule has 1 heterocycles. The maximum atomic E-state index is 13.4. The zero-order valence-electron chi connectivity index (χ0n) is 22.0. The summed E-state index contributed by atoms with van der Waals surface area (Å²) in [5.41, 5.74) is 1.45. The first kappa shape index (κ1) is 27.2. The van der Waals surface area contributed by atoms with E-state index in [2.05, 4.69) is 47.5 Å². The topological polar surface area (TPSA) is 41.6 Å². The molecule has 1 aromatic carbocycles. The number of unbranched alkanes of at least 4 members (excludes halogenated alkanes) is 1. The number of hydrogen-bond acceptors (Lipinski definition) is 3. The molecule has 192 valence electrons. The summed E-state index contributed by atoms with van der Waals surface area (Å²) < 4.78 is 5.57.